The summed E-state index contributed by atoms with van der Waals surface area (Å²) < 4.78 is 0. The Hall–Kier alpha value is -0.640. The van der Waals surface area contributed by atoms with Crippen LogP contribution in [0.1, 0.15) is 46.0 Å². The minimum absolute atomic E-state index is 0.420. The van der Waals surface area contributed by atoms with Crippen LogP contribution in [0.15, 0.2) is 24.3 Å². The average molecular weight is 326 g/mol. The number of nitrogens with one attached hydrogen (secondary N) is 1. The van der Waals surface area contributed by atoms with Crippen molar-refractivity contribution in [1.29, 1.82) is 0 Å². The van der Waals surface area contributed by atoms with Crippen molar-refractivity contribution in [1.82, 2.24) is 0 Å². The van der Waals surface area contributed by atoms with E-state index >= 15 is 0 Å². The number of halogens is 1. The molecule has 0 heterocycles. The number of rotatable bonds is 4. The van der Waals surface area contributed by atoms with Gasteiger partial charge in [-0.2, -0.15) is 0 Å². The first-order valence-corrected chi connectivity index (χ1v) is 8.41. The van der Waals surface area contributed by atoms with Crippen LogP contribution in [0.2, 0.25) is 5.02 Å². The van der Waals surface area contributed by atoms with E-state index in [1.807, 2.05) is 38.1 Å². The van der Waals surface area contributed by atoms with Gasteiger partial charge in [0.05, 0.1) is 10.6 Å². The van der Waals surface area contributed by atoms with E-state index in [0.717, 1.165) is 42.8 Å². The average Bonchev–Trinajstić information content (AvgIpc) is 2.38. The van der Waals surface area contributed by atoms with Crippen LogP contribution in [0, 0.1) is 11.8 Å². The van der Waals surface area contributed by atoms with E-state index in [1.54, 1.807) is 0 Å². The van der Waals surface area contributed by atoms with E-state index < -0.39 is 5.60 Å². The van der Waals surface area contributed by atoms with E-state index in [4.69, 9.17) is 23.8 Å². The molecule has 0 bridgehead atoms. The summed E-state index contributed by atoms with van der Waals surface area (Å²) in [6.07, 6.45) is 5.39. The highest BCUT2D eigenvalue weighted by Crippen LogP contribution is 2.36. The molecule has 116 valence electrons. The highest BCUT2D eigenvalue weighted by atomic mass is 35.5. The van der Waals surface area contributed by atoms with Gasteiger partial charge in [0.25, 0.3) is 0 Å². The first-order valence-electron chi connectivity index (χ1n) is 7.62. The van der Waals surface area contributed by atoms with Gasteiger partial charge in [0.1, 0.15) is 0 Å². The van der Waals surface area contributed by atoms with Gasteiger partial charge in [-0.15, -0.1) is 0 Å². The van der Waals surface area contributed by atoms with Gasteiger partial charge in [-0.25, -0.2) is 0 Å². The quantitative estimate of drug-likeness (QED) is 0.760. The molecule has 0 aliphatic heterocycles. The maximum atomic E-state index is 10.1. The lowest BCUT2D eigenvalue weighted by Gasteiger charge is -2.35. The Labute approximate surface area is 137 Å². The molecule has 4 heteroatoms. The van der Waals surface area contributed by atoms with Crippen molar-refractivity contribution in [2.24, 2.45) is 11.8 Å². The molecule has 0 amide bonds. The molecule has 2 rings (SSSR count). The zero-order valence-electron chi connectivity index (χ0n) is 12.7. The van der Waals surface area contributed by atoms with Gasteiger partial charge in [-0.1, -0.05) is 29.9 Å². The van der Waals surface area contributed by atoms with Crippen LogP contribution in [0.3, 0.4) is 0 Å². The number of hydrogen-bond acceptors (Lipinski definition) is 2. The zero-order valence-corrected chi connectivity index (χ0v) is 14.3. The number of benzene rings is 1. The van der Waals surface area contributed by atoms with Gasteiger partial charge in [-0.3, -0.25) is 0 Å². The second-order valence-corrected chi connectivity index (χ2v) is 7.56. The first-order chi connectivity index (χ1) is 9.84. The SMILES string of the molecule is CC(C)(O)C1CCC(CC(=S)Nc2cccc(Cl)c2)CC1. The number of anilines is 1. The molecule has 1 aromatic rings. The molecule has 0 unspecified atom stereocenters. The molecule has 0 aromatic heterocycles. The van der Waals surface area contributed by atoms with Crippen molar-refractivity contribution in [2.45, 2.75) is 51.6 Å². The van der Waals surface area contributed by atoms with Crippen molar-refractivity contribution in [3.05, 3.63) is 29.3 Å². The molecule has 21 heavy (non-hydrogen) atoms. The normalized spacial score (nSPS) is 22.9. The van der Waals surface area contributed by atoms with Gasteiger partial charge < -0.3 is 10.4 Å². The Bertz CT molecular complexity index is 490. The Morgan fingerprint density at radius 2 is 2.00 bits per heavy atom. The maximum absolute atomic E-state index is 10.1. The second kappa shape index (κ2) is 7.08. The van der Waals surface area contributed by atoms with Gasteiger partial charge in [0, 0.05) is 17.1 Å². The van der Waals surface area contributed by atoms with E-state index in [-0.39, 0.29) is 0 Å². The molecule has 2 nitrogen and oxygen atoms in total. The Kier molecular flexibility index (Phi) is 5.64. The van der Waals surface area contributed by atoms with Crippen LogP contribution in [-0.4, -0.2) is 15.7 Å². The predicted molar refractivity (Wildman–Crippen MR) is 94.0 cm³/mol. The topological polar surface area (TPSA) is 32.3 Å². The Morgan fingerprint density at radius 3 is 2.57 bits per heavy atom. The summed E-state index contributed by atoms with van der Waals surface area (Å²) in [7, 11) is 0. The fraction of sp³-hybridized carbons (Fsp3) is 0.588. The molecule has 0 radical (unpaired) electrons. The minimum atomic E-state index is -0.551. The molecule has 0 spiro atoms. The third-order valence-corrected chi connectivity index (χ3v) is 4.93. The molecule has 1 saturated carbocycles. The van der Waals surface area contributed by atoms with Gasteiger partial charge in [-0.05, 0) is 69.6 Å². The number of hydrogen-bond donors (Lipinski definition) is 2. The lowest BCUT2D eigenvalue weighted by molar-refractivity contribution is -0.00533. The van der Waals surface area contributed by atoms with Crippen molar-refractivity contribution in [2.75, 3.05) is 5.32 Å². The standard InChI is InChI=1S/C17H24ClNOS/c1-17(2,20)13-8-6-12(7-9-13)10-16(21)19-15-5-3-4-14(18)11-15/h3-5,11-13,20H,6-10H2,1-2H3,(H,19,21). The fourth-order valence-electron chi connectivity index (χ4n) is 3.11. The summed E-state index contributed by atoms with van der Waals surface area (Å²) in [5.74, 6) is 1.05. The zero-order chi connectivity index (χ0) is 15.5. The van der Waals surface area contributed by atoms with Crippen molar-refractivity contribution >= 4 is 34.5 Å². The molecule has 1 aliphatic rings. The second-order valence-electron chi connectivity index (χ2n) is 6.63. The monoisotopic (exact) mass is 325 g/mol. The van der Waals surface area contributed by atoms with Crippen LogP contribution < -0.4 is 5.32 Å². The van der Waals surface area contributed by atoms with Crippen molar-refractivity contribution < 1.29 is 5.11 Å². The molecule has 0 atom stereocenters. The lowest BCUT2D eigenvalue weighted by atomic mass is 9.74. The summed E-state index contributed by atoms with van der Waals surface area (Å²) in [6, 6.07) is 7.64. The van der Waals surface area contributed by atoms with E-state index in [0.29, 0.717) is 16.9 Å². The number of aliphatic hydroxyl groups is 1. The number of thiocarbonyl (C=S) groups is 1. The molecule has 0 saturated heterocycles. The largest absolute Gasteiger partial charge is 0.390 e. The van der Waals surface area contributed by atoms with Gasteiger partial charge in [0.15, 0.2) is 0 Å². The summed E-state index contributed by atoms with van der Waals surface area (Å²) in [5, 5.41) is 14.1. The molecular weight excluding hydrogens is 302 g/mol. The van der Waals surface area contributed by atoms with Crippen LogP contribution in [0.25, 0.3) is 0 Å². The van der Waals surface area contributed by atoms with Crippen LogP contribution in [-0.2, 0) is 0 Å². The van der Waals surface area contributed by atoms with Gasteiger partial charge >= 0.3 is 0 Å². The van der Waals surface area contributed by atoms with E-state index in [1.165, 1.54) is 0 Å². The third-order valence-electron chi connectivity index (χ3n) is 4.43. The lowest BCUT2D eigenvalue weighted by Crippen LogP contribution is -2.34. The van der Waals surface area contributed by atoms with Crippen LogP contribution in [0.4, 0.5) is 5.69 Å². The molecule has 1 aromatic carbocycles. The van der Waals surface area contributed by atoms with Gasteiger partial charge in [0.2, 0.25) is 0 Å². The third kappa shape index (κ3) is 5.24. The molecule has 1 aliphatic carbocycles. The summed E-state index contributed by atoms with van der Waals surface area (Å²) >= 11 is 11.4. The molecular formula is C17H24ClNOS. The van der Waals surface area contributed by atoms with E-state index in [9.17, 15) is 5.11 Å². The summed E-state index contributed by atoms with van der Waals surface area (Å²) in [5.41, 5.74) is 0.405. The smallest absolute Gasteiger partial charge is 0.0800 e. The van der Waals surface area contributed by atoms with Crippen molar-refractivity contribution in [3.63, 3.8) is 0 Å². The summed E-state index contributed by atoms with van der Waals surface area (Å²) in [6.45, 7) is 3.84. The highest BCUT2D eigenvalue weighted by molar-refractivity contribution is 7.80. The Morgan fingerprint density at radius 1 is 1.33 bits per heavy atom. The Balaban J connectivity index is 1.79. The molecule has 2 N–H and O–H groups in total. The fourth-order valence-corrected chi connectivity index (χ4v) is 3.66. The first kappa shape index (κ1) is 16.7. The summed E-state index contributed by atoms with van der Waals surface area (Å²) in [4.78, 5) is 0.879. The van der Waals surface area contributed by atoms with E-state index in [2.05, 4.69) is 5.32 Å². The minimum Gasteiger partial charge on any atom is -0.390 e. The van der Waals surface area contributed by atoms with Crippen LogP contribution >= 0.6 is 23.8 Å². The van der Waals surface area contributed by atoms with Crippen LogP contribution in [0.5, 0.6) is 0 Å². The predicted octanol–water partition coefficient (Wildman–Crippen LogP) is 5.05. The highest BCUT2D eigenvalue weighted by Gasteiger charge is 2.31. The van der Waals surface area contributed by atoms with Crippen molar-refractivity contribution in [3.8, 4) is 0 Å². The maximum Gasteiger partial charge on any atom is 0.0800 e. The molecule has 1 fully saturated rings.